The lowest BCUT2D eigenvalue weighted by atomic mass is 9.48. The van der Waals surface area contributed by atoms with Crippen molar-refractivity contribution in [3.05, 3.63) is 22.1 Å². The molecule has 0 saturated heterocycles. The summed E-state index contributed by atoms with van der Waals surface area (Å²) >= 11 is 0. The molecule has 1 atom stereocenters. The van der Waals surface area contributed by atoms with Crippen molar-refractivity contribution in [3.63, 3.8) is 0 Å². The van der Waals surface area contributed by atoms with Crippen LogP contribution in [-0.2, 0) is 0 Å². The van der Waals surface area contributed by atoms with Crippen molar-refractivity contribution in [1.82, 2.24) is 15.5 Å². The quantitative estimate of drug-likeness (QED) is 0.796. The zero-order valence-corrected chi connectivity index (χ0v) is 12.4. The molecule has 4 saturated carbocycles. The molecule has 5 heteroatoms. The van der Waals surface area contributed by atoms with Gasteiger partial charge in [0.05, 0.1) is 0 Å². The first-order valence-electron chi connectivity index (χ1n) is 8.13. The lowest BCUT2D eigenvalue weighted by Gasteiger charge is -2.59. The van der Waals surface area contributed by atoms with Crippen LogP contribution in [0.15, 0.2) is 10.9 Å². The molecule has 5 nitrogen and oxygen atoms in total. The van der Waals surface area contributed by atoms with E-state index in [0.29, 0.717) is 11.1 Å². The fraction of sp³-hybridized carbons (Fsp3) is 0.750. The van der Waals surface area contributed by atoms with Crippen molar-refractivity contribution in [2.75, 3.05) is 0 Å². The third kappa shape index (κ3) is 2.14. The van der Waals surface area contributed by atoms with E-state index >= 15 is 0 Å². The molecule has 4 bridgehead atoms. The minimum absolute atomic E-state index is 0.170. The number of H-pyrrole nitrogens is 2. The van der Waals surface area contributed by atoms with Gasteiger partial charge in [0, 0.05) is 12.1 Å². The van der Waals surface area contributed by atoms with Crippen LogP contribution in [-0.4, -0.2) is 22.1 Å². The summed E-state index contributed by atoms with van der Waals surface area (Å²) in [6.07, 6.45) is 8.03. The summed E-state index contributed by atoms with van der Waals surface area (Å²) in [6.45, 7) is 2.15. The second-order valence-corrected chi connectivity index (χ2v) is 7.65. The summed E-state index contributed by atoms with van der Waals surface area (Å²) in [5.74, 6) is 2.46. The van der Waals surface area contributed by atoms with Crippen molar-refractivity contribution in [2.24, 2.45) is 23.2 Å². The topological polar surface area (TPSA) is 77.8 Å². The molecule has 114 valence electrons. The molecule has 0 radical (unpaired) electrons. The number of hydrogen-bond acceptors (Lipinski definition) is 2. The van der Waals surface area contributed by atoms with Crippen molar-refractivity contribution in [3.8, 4) is 0 Å². The highest BCUT2D eigenvalue weighted by molar-refractivity contribution is 5.92. The van der Waals surface area contributed by atoms with E-state index in [1.54, 1.807) is 0 Å². The molecule has 0 aromatic carbocycles. The molecule has 1 unspecified atom stereocenters. The van der Waals surface area contributed by atoms with Crippen LogP contribution in [0.1, 0.15) is 55.9 Å². The van der Waals surface area contributed by atoms with Gasteiger partial charge in [-0.15, -0.1) is 0 Å². The Labute approximate surface area is 123 Å². The van der Waals surface area contributed by atoms with Gasteiger partial charge in [0.15, 0.2) is 0 Å². The van der Waals surface area contributed by atoms with E-state index in [2.05, 4.69) is 22.4 Å². The van der Waals surface area contributed by atoms with Crippen LogP contribution in [0.2, 0.25) is 0 Å². The lowest BCUT2D eigenvalue weighted by Crippen LogP contribution is -2.55. The summed E-state index contributed by atoms with van der Waals surface area (Å²) in [5, 5.41) is 8.19. The van der Waals surface area contributed by atoms with E-state index in [0.717, 1.165) is 17.8 Å². The number of rotatable bonds is 3. The van der Waals surface area contributed by atoms with Gasteiger partial charge in [-0.3, -0.25) is 19.8 Å². The van der Waals surface area contributed by atoms with E-state index in [1.165, 1.54) is 44.6 Å². The van der Waals surface area contributed by atoms with Crippen molar-refractivity contribution < 1.29 is 4.79 Å². The van der Waals surface area contributed by atoms with Gasteiger partial charge in [-0.2, -0.15) is 0 Å². The summed E-state index contributed by atoms with van der Waals surface area (Å²) < 4.78 is 0. The zero-order valence-electron chi connectivity index (χ0n) is 12.4. The molecule has 1 heterocycles. The minimum atomic E-state index is -0.261. The van der Waals surface area contributed by atoms with Crippen molar-refractivity contribution in [2.45, 2.75) is 51.5 Å². The third-order valence-electron chi connectivity index (χ3n) is 6.19. The highest BCUT2D eigenvalue weighted by atomic mass is 16.2. The lowest BCUT2D eigenvalue weighted by molar-refractivity contribution is -0.0688. The average Bonchev–Trinajstić information content (AvgIpc) is 2.84. The molecular weight excluding hydrogens is 266 g/mol. The Morgan fingerprint density at radius 1 is 1.19 bits per heavy atom. The molecule has 4 fully saturated rings. The second-order valence-electron chi connectivity index (χ2n) is 7.65. The molecule has 5 rings (SSSR count). The van der Waals surface area contributed by atoms with E-state index in [1.807, 2.05) is 0 Å². The predicted octanol–water partition coefficient (Wildman–Crippen LogP) is 2.04. The maximum atomic E-state index is 12.3. The number of carbonyl (C=O) groups excluding carboxylic acids is 1. The maximum Gasteiger partial charge on any atom is 0.269 e. The maximum absolute atomic E-state index is 12.3. The molecular formula is C16H23N3O2. The number of aromatic amines is 2. The Bertz CT molecular complexity index is 580. The fourth-order valence-electron chi connectivity index (χ4n) is 5.59. The van der Waals surface area contributed by atoms with Gasteiger partial charge in [-0.25, -0.2) is 0 Å². The summed E-state index contributed by atoms with van der Waals surface area (Å²) in [6, 6.07) is 1.50. The first-order chi connectivity index (χ1) is 10.0. The Morgan fingerprint density at radius 3 is 2.24 bits per heavy atom. The SMILES string of the molecule is CC(NC(=O)c1cc(=O)[nH][nH]1)C12CC3CC(CC(C3)C1)C2. The minimum Gasteiger partial charge on any atom is -0.348 e. The zero-order chi connectivity index (χ0) is 14.6. The van der Waals surface area contributed by atoms with Gasteiger partial charge in [0.2, 0.25) is 0 Å². The van der Waals surface area contributed by atoms with E-state index < -0.39 is 0 Å². The van der Waals surface area contributed by atoms with E-state index in [-0.39, 0.29) is 17.5 Å². The molecule has 0 spiro atoms. The van der Waals surface area contributed by atoms with Gasteiger partial charge >= 0.3 is 0 Å². The van der Waals surface area contributed by atoms with Gasteiger partial charge < -0.3 is 5.32 Å². The van der Waals surface area contributed by atoms with Crippen LogP contribution in [0.4, 0.5) is 0 Å². The summed E-state index contributed by atoms with van der Waals surface area (Å²) in [7, 11) is 0. The van der Waals surface area contributed by atoms with Crippen molar-refractivity contribution >= 4 is 5.91 Å². The van der Waals surface area contributed by atoms with Crippen LogP contribution < -0.4 is 10.9 Å². The Hall–Kier alpha value is -1.52. The summed E-state index contributed by atoms with van der Waals surface area (Å²) in [4.78, 5) is 23.4. The van der Waals surface area contributed by atoms with E-state index in [9.17, 15) is 9.59 Å². The largest absolute Gasteiger partial charge is 0.348 e. The van der Waals surface area contributed by atoms with Crippen LogP contribution in [0.5, 0.6) is 0 Å². The number of nitrogens with one attached hydrogen (secondary N) is 3. The van der Waals surface area contributed by atoms with Crippen LogP contribution in [0.25, 0.3) is 0 Å². The molecule has 1 aromatic heterocycles. The molecule has 21 heavy (non-hydrogen) atoms. The number of aromatic nitrogens is 2. The highest BCUT2D eigenvalue weighted by Gasteiger charge is 2.53. The fourth-order valence-corrected chi connectivity index (χ4v) is 5.59. The monoisotopic (exact) mass is 289 g/mol. The van der Waals surface area contributed by atoms with E-state index in [4.69, 9.17) is 0 Å². The first-order valence-corrected chi connectivity index (χ1v) is 8.13. The Balaban J connectivity index is 1.51. The van der Waals surface area contributed by atoms with Crippen molar-refractivity contribution in [1.29, 1.82) is 0 Å². The molecule has 1 amide bonds. The van der Waals surface area contributed by atoms with Gasteiger partial charge in [0.25, 0.3) is 11.5 Å². The standard InChI is InChI=1S/C16H23N3O2/c1-9(17-15(21)13-5-14(20)19-18-13)16-6-10-2-11(7-16)4-12(3-10)8-16/h5,9-12H,2-4,6-8H2,1H3,(H,17,21)(H2,18,19,20). The molecule has 0 aliphatic heterocycles. The van der Waals surface area contributed by atoms with Crippen LogP contribution >= 0.6 is 0 Å². The third-order valence-corrected chi connectivity index (χ3v) is 6.19. The Kier molecular flexibility index (Phi) is 2.81. The highest BCUT2D eigenvalue weighted by Crippen LogP contribution is 2.61. The van der Waals surface area contributed by atoms with Gasteiger partial charge in [0.1, 0.15) is 5.69 Å². The molecule has 1 aromatic rings. The first kappa shape index (κ1) is 13.2. The van der Waals surface area contributed by atoms with Gasteiger partial charge in [-0.05, 0) is 68.6 Å². The average molecular weight is 289 g/mol. The number of amides is 1. The molecule has 3 N–H and O–H groups in total. The number of hydrogen-bond donors (Lipinski definition) is 3. The number of carbonyl (C=O) groups is 1. The van der Waals surface area contributed by atoms with Crippen LogP contribution in [0.3, 0.4) is 0 Å². The molecule has 4 aliphatic rings. The normalized spacial score (nSPS) is 38.4. The summed E-state index contributed by atoms with van der Waals surface area (Å²) in [5.41, 5.74) is 0.361. The smallest absolute Gasteiger partial charge is 0.269 e. The molecule has 4 aliphatic carbocycles. The Morgan fingerprint density at radius 2 is 1.76 bits per heavy atom. The van der Waals surface area contributed by atoms with Gasteiger partial charge in [-0.1, -0.05) is 0 Å². The van der Waals surface area contributed by atoms with Crippen LogP contribution in [0, 0.1) is 23.2 Å². The second kappa shape index (κ2) is 4.49. The predicted molar refractivity (Wildman–Crippen MR) is 78.9 cm³/mol.